The van der Waals surface area contributed by atoms with Crippen LogP contribution in [0.2, 0.25) is 0 Å². The highest BCUT2D eigenvalue weighted by Crippen LogP contribution is 2.34. The van der Waals surface area contributed by atoms with Gasteiger partial charge in [0.05, 0.1) is 18.4 Å². The Balaban J connectivity index is 2.11. The molecule has 0 aliphatic heterocycles. The molecule has 7 nitrogen and oxygen atoms in total. The average molecular weight is 411 g/mol. The van der Waals surface area contributed by atoms with E-state index in [1.165, 1.54) is 30.2 Å². The first kappa shape index (κ1) is 21.4. The molecule has 1 N–H and O–H groups in total. The fraction of sp³-hybridized carbons (Fsp3) is 0.556. The second kappa shape index (κ2) is 9.89. The highest BCUT2D eigenvalue weighted by Gasteiger charge is 2.23. The maximum Gasteiger partial charge on any atom is 0.341 e. The maximum atomic E-state index is 12.5. The van der Waals surface area contributed by atoms with E-state index in [4.69, 9.17) is 4.74 Å². The molecule has 0 fully saturated rings. The predicted octanol–water partition coefficient (Wildman–Crippen LogP) is 3.70. The number of nitrogens with one attached hydrogen (secondary N) is 1. The van der Waals surface area contributed by atoms with E-state index < -0.39 is 5.97 Å². The summed E-state index contributed by atoms with van der Waals surface area (Å²) in [6.07, 6.45) is 2.48. The van der Waals surface area contributed by atoms with Crippen LogP contribution >= 0.6 is 23.1 Å². The van der Waals surface area contributed by atoms with Gasteiger partial charge in [0, 0.05) is 17.8 Å². The predicted molar refractivity (Wildman–Crippen MR) is 109 cm³/mol. The molecule has 0 radical (unpaired) electrons. The van der Waals surface area contributed by atoms with Crippen LogP contribution in [0.4, 0.5) is 5.00 Å². The Bertz CT molecular complexity index is 814. The number of hydrogen-bond acceptors (Lipinski definition) is 7. The number of nitrogens with zero attached hydrogens (tertiary/aromatic N) is 3. The summed E-state index contributed by atoms with van der Waals surface area (Å²) in [7, 11) is 1.35. The molecule has 0 aliphatic rings. The van der Waals surface area contributed by atoms with E-state index in [9.17, 15) is 9.59 Å². The van der Waals surface area contributed by atoms with E-state index in [2.05, 4.69) is 27.0 Å². The van der Waals surface area contributed by atoms with Gasteiger partial charge in [-0.15, -0.1) is 21.5 Å². The first-order chi connectivity index (χ1) is 13.0. The summed E-state index contributed by atoms with van der Waals surface area (Å²) in [6.45, 7) is 8.89. The number of anilines is 1. The number of carbonyl (C=O) groups is 2. The lowest BCUT2D eigenvalue weighted by Crippen LogP contribution is -2.16. The van der Waals surface area contributed by atoms with Crippen LogP contribution in [0.3, 0.4) is 0 Å². The van der Waals surface area contributed by atoms with E-state index in [1.807, 2.05) is 20.8 Å². The summed E-state index contributed by atoms with van der Waals surface area (Å²) in [5.74, 6) is 0.520. The van der Waals surface area contributed by atoms with Gasteiger partial charge in [0.25, 0.3) is 0 Å². The molecular formula is C18H26N4O3S2. The molecule has 0 bridgehead atoms. The number of aryl methyl sites for hydroxylation is 2. The van der Waals surface area contributed by atoms with E-state index in [1.54, 1.807) is 0 Å². The van der Waals surface area contributed by atoms with Gasteiger partial charge in [0.15, 0.2) is 5.16 Å². The van der Waals surface area contributed by atoms with Crippen molar-refractivity contribution in [3.63, 3.8) is 0 Å². The second-order valence-electron chi connectivity index (χ2n) is 5.93. The summed E-state index contributed by atoms with van der Waals surface area (Å²) < 4.78 is 6.95. The minimum absolute atomic E-state index is 0.182. The zero-order valence-electron chi connectivity index (χ0n) is 16.4. The van der Waals surface area contributed by atoms with E-state index >= 15 is 0 Å². The third-order valence-electron chi connectivity index (χ3n) is 4.09. The van der Waals surface area contributed by atoms with Gasteiger partial charge in [0.2, 0.25) is 5.91 Å². The number of esters is 1. The smallest absolute Gasteiger partial charge is 0.341 e. The number of thiophene rings is 1. The van der Waals surface area contributed by atoms with Crippen LogP contribution in [0.5, 0.6) is 0 Å². The Labute approximate surface area is 167 Å². The molecule has 0 unspecified atom stereocenters. The Morgan fingerprint density at radius 2 is 1.96 bits per heavy atom. The molecule has 9 heteroatoms. The number of ether oxygens (including phenoxy) is 1. The molecule has 2 heterocycles. The molecule has 27 heavy (non-hydrogen) atoms. The summed E-state index contributed by atoms with van der Waals surface area (Å²) in [5.41, 5.74) is 1.38. The largest absolute Gasteiger partial charge is 0.465 e. The quantitative estimate of drug-likeness (QED) is 0.501. The lowest BCUT2D eigenvalue weighted by atomic mass is 10.1. The van der Waals surface area contributed by atoms with Crippen molar-refractivity contribution < 1.29 is 14.3 Å². The lowest BCUT2D eigenvalue weighted by molar-refractivity contribution is -0.113. The van der Waals surface area contributed by atoms with Crippen molar-refractivity contribution in [3.05, 3.63) is 21.8 Å². The highest BCUT2D eigenvalue weighted by molar-refractivity contribution is 7.99. The SMILES string of the molecule is CCCn1c(CC)nnc1SCC(=O)Nc1sc(C)c(CC)c1C(=O)OC. The number of amides is 1. The van der Waals surface area contributed by atoms with Crippen LogP contribution in [0, 0.1) is 6.92 Å². The van der Waals surface area contributed by atoms with Crippen molar-refractivity contribution in [2.75, 3.05) is 18.2 Å². The van der Waals surface area contributed by atoms with E-state index in [0.29, 0.717) is 17.0 Å². The first-order valence-electron chi connectivity index (χ1n) is 9.01. The normalized spacial score (nSPS) is 10.9. The van der Waals surface area contributed by atoms with Crippen LogP contribution < -0.4 is 5.32 Å². The molecule has 0 aliphatic carbocycles. The lowest BCUT2D eigenvalue weighted by Gasteiger charge is -2.08. The van der Waals surface area contributed by atoms with Gasteiger partial charge in [-0.2, -0.15) is 0 Å². The van der Waals surface area contributed by atoms with Crippen molar-refractivity contribution in [1.82, 2.24) is 14.8 Å². The van der Waals surface area contributed by atoms with E-state index in [-0.39, 0.29) is 11.7 Å². The summed E-state index contributed by atoms with van der Waals surface area (Å²) in [6, 6.07) is 0. The maximum absolute atomic E-state index is 12.5. The number of methoxy groups -OCH3 is 1. The molecule has 0 atom stereocenters. The van der Waals surface area contributed by atoms with Crippen molar-refractivity contribution in [3.8, 4) is 0 Å². The summed E-state index contributed by atoms with van der Waals surface area (Å²) >= 11 is 2.76. The van der Waals surface area contributed by atoms with Gasteiger partial charge in [-0.3, -0.25) is 4.79 Å². The molecule has 148 valence electrons. The van der Waals surface area contributed by atoms with Crippen molar-refractivity contribution in [2.24, 2.45) is 0 Å². The van der Waals surface area contributed by atoms with Crippen LogP contribution in [-0.2, 0) is 28.9 Å². The second-order valence-corrected chi connectivity index (χ2v) is 8.09. The zero-order chi connectivity index (χ0) is 20.0. The monoisotopic (exact) mass is 410 g/mol. The molecule has 1 amide bonds. The topological polar surface area (TPSA) is 86.1 Å². The summed E-state index contributed by atoms with van der Waals surface area (Å²) in [5, 5.41) is 12.5. The number of hydrogen-bond donors (Lipinski definition) is 1. The molecular weight excluding hydrogens is 384 g/mol. The van der Waals surface area contributed by atoms with Crippen LogP contribution in [0.25, 0.3) is 0 Å². The average Bonchev–Trinajstić information content (AvgIpc) is 3.19. The number of carbonyl (C=O) groups excluding carboxylic acids is 2. The zero-order valence-corrected chi connectivity index (χ0v) is 18.1. The molecule has 0 saturated heterocycles. The van der Waals surface area contributed by atoms with Gasteiger partial charge in [-0.25, -0.2) is 4.79 Å². The highest BCUT2D eigenvalue weighted by atomic mass is 32.2. The Kier molecular flexibility index (Phi) is 7.85. The molecule has 2 rings (SSSR count). The first-order valence-corrected chi connectivity index (χ1v) is 10.8. The number of aromatic nitrogens is 3. The standard InChI is InChI=1S/C18H26N4O3S2/c1-6-9-22-13(8-3)20-21-18(22)26-10-14(23)19-16-15(17(24)25-5)12(7-2)11(4)27-16/h6-10H2,1-5H3,(H,19,23). The van der Waals surface area contributed by atoms with Gasteiger partial charge < -0.3 is 14.6 Å². The fourth-order valence-corrected chi connectivity index (χ4v) is 4.77. The third-order valence-corrected chi connectivity index (χ3v) is 6.12. The van der Waals surface area contributed by atoms with Crippen LogP contribution in [0.1, 0.15) is 53.8 Å². The third kappa shape index (κ3) is 4.90. The van der Waals surface area contributed by atoms with E-state index in [0.717, 1.165) is 40.8 Å². The van der Waals surface area contributed by atoms with Crippen molar-refractivity contribution in [1.29, 1.82) is 0 Å². The van der Waals surface area contributed by atoms with Gasteiger partial charge >= 0.3 is 5.97 Å². The molecule has 0 saturated carbocycles. The Hall–Kier alpha value is -1.87. The number of rotatable bonds is 9. The van der Waals surface area contributed by atoms with Gasteiger partial charge in [0.1, 0.15) is 10.8 Å². The van der Waals surface area contributed by atoms with Crippen LogP contribution in [-0.4, -0.2) is 39.5 Å². The Morgan fingerprint density at radius 3 is 2.56 bits per heavy atom. The van der Waals surface area contributed by atoms with Gasteiger partial charge in [-0.05, 0) is 25.3 Å². The van der Waals surface area contributed by atoms with Gasteiger partial charge in [-0.1, -0.05) is 32.5 Å². The fourth-order valence-electron chi connectivity index (χ4n) is 2.84. The minimum atomic E-state index is -0.422. The molecule has 2 aromatic heterocycles. The van der Waals surface area contributed by atoms with Crippen molar-refractivity contribution >= 4 is 40.0 Å². The van der Waals surface area contributed by atoms with Crippen molar-refractivity contribution in [2.45, 2.75) is 58.7 Å². The molecule has 0 spiro atoms. The minimum Gasteiger partial charge on any atom is -0.465 e. The Morgan fingerprint density at radius 1 is 1.22 bits per heavy atom. The number of thioether (sulfide) groups is 1. The summed E-state index contributed by atoms with van der Waals surface area (Å²) in [4.78, 5) is 25.6. The molecule has 0 aromatic carbocycles. The van der Waals surface area contributed by atoms with Crippen LogP contribution in [0.15, 0.2) is 5.16 Å². The molecule has 2 aromatic rings.